The van der Waals surface area contributed by atoms with Gasteiger partial charge in [-0.05, 0) is 12.8 Å². The van der Waals surface area contributed by atoms with E-state index in [2.05, 4.69) is 4.36 Å². The molecule has 11 heavy (non-hydrogen) atoms. The highest BCUT2D eigenvalue weighted by molar-refractivity contribution is 7.61. The van der Waals surface area contributed by atoms with Crippen LogP contribution in [0.5, 0.6) is 0 Å². The Labute approximate surface area is 67.5 Å². The van der Waals surface area contributed by atoms with E-state index in [-0.39, 0.29) is 12.1 Å². The third-order valence-electron chi connectivity index (χ3n) is 2.00. The molecule has 4 nitrogen and oxygen atoms in total. The Morgan fingerprint density at radius 3 is 2.45 bits per heavy atom. The SMILES string of the molecule is N[C@@H]1CCCC[C@H]1N=S(=O)=O. The van der Waals surface area contributed by atoms with Gasteiger partial charge in [-0.25, -0.2) is 0 Å². The molecule has 0 aromatic rings. The van der Waals surface area contributed by atoms with Crippen LogP contribution in [0.3, 0.4) is 0 Å². The summed E-state index contributed by atoms with van der Waals surface area (Å²) < 4.78 is 23.9. The lowest BCUT2D eigenvalue weighted by Gasteiger charge is -2.23. The van der Waals surface area contributed by atoms with E-state index < -0.39 is 10.5 Å². The van der Waals surface area contributed by atoms with Gasteiger partial charge in [0, 0.05) is 6.04 Å². The number of hydrogen-bond acceptors (Lipinski definition) is 4. The molecule has 0 aromatic carbocycles. The minimum absolute atomic E-state index is 0.0540. The van der Waals surface area contributed by atoms with Gasteiger partial charge in [0.05, 0.1) is 6.04 Å². The van der Waals surface area contributed by atoms with Gasteiger partial charge in [-0.2, -0.15) is 12.8 Å². The minimum Gasteiger partial charge on any atom is -0.326 e. The van der Waals surface area contributed by atoms with Crippen molar-refractivity contribution in [1.29, 1.82) is 0 Å². The summed E-state index contributed by atoms with van der Waals surface area (Å²) in [4.78, 5) is 0. The topological polar surface area (TPSA) is 72.5 Å². The molecule has 0 spiro atoms. The zero-order valence-corrected chi connectivity index (χ0v) is 7.05. The Balaban J connectivity index is 2.62. The summed E-state index contributed by atoms with van der Waals surface area (Å²) in [6, 6.07) is -0.219. The fraction of sp³-hybridized carbons (Fsp3) is 1.00. The molecule has 0 bridgehead atoms. The standard InChI is InChI=1S/C6H12N2O2S/c7-5-3-1-2-4-6(5)8-11(9)10/h5-6H,1-4,7H2/t5-,6-/m1/s1. The van der Waals surface area contributed by atoms with Gasteiger partial charge in [0.2, 0.25) is 0 Å². The molecule has 1 aliphatic rings. The van der Waals surface area contributed by atoms with E-state index >= 15 is 0 Å². The number of hydrogen-bond donors (Lipinski definition) is 1. The van der Waals surface area contributed by atoms with Gasteiger partial charge in [-0.3, -0.25) is 0 Å². The second-order valence-corrected chi connectivity index (χ2v) is 3.48. The maximum absolute atomic E-state index is 10.2. The molecule has 0 radical (unpaired) electrons. The van der Waals surface area contributed by atoms with Gasteiger partial charge in [-0.15, -0.1) is 0 Å². The molecule has 0 saturated heterocycles. The summed E-state index contributed by atoms with van der Waals surface area (Å²) in [5, 5.41) is 0. The van der Waals surface area contributed by atoms with E-state index in [0.717, 1.165) is 25.7 Å². The summed E-state index contributed by atoms with van der Waals surface area (Å²) in [6.07, 6.45) is 3.85. The van der Waals surface area contributed by atoms with Gasteiger partial charge in [0.1, 0.15) is 0 Å². The number of rotatable bonds is 1. The Morgan fingerprint density at radius 2 is 1.91 bits per heavy atom. The van der Waals surface area contributed by atoms with Crippen LogP contribution in [-0.2, 0) is 10.5 Å². The van der Waals surface area contributed by atoms with Crippen LogP contribution in [0.1, 0.15) is 25.7 Å². The fourth-order valence-electron chi connectivity index (χ4n) is 1.38. The lowest BCUT2D eigenvalue weighted by atomic mass is 9.92. The molecule has 0 amide bonds. The average molecular weight is 176 g/mol. The highest BCUT2D eigenvalue weighted by Gasteiger charge is 2.21. The normalized spacial score (nSPS) is 31.4. The minimum atomic E-state index is -2.29. The molecule has 0 aliphatic heterocycles. The van der Waals surface area contributed by atoms with Crippen LogP contribution in [-0.4, -0.2) is 20.5 Å². The second-order valence-electron chi connectivity index (χ2n) is 2.84. The Bertz CT molecular complexity index is 239. The molecule has 2 atom stereocenters. The molecule has 0 unspecified atom stereocenters. The lowest BCUT2D eigenvalue weighted by molar-refractivity contribution is 0.387. The highest BCUT2D eigenvalue weighted by Crippen LogP contribution is 2.19. The van der Waals surface area contributed by atoms with Crippen LogP contribution in [0.15, 0.2) is 4.36 Å². The summed E-state index contributed by atoms with van der Waals surface area (Å²) >= 11 is 0. The molecule has 64 valence electrons. The van der Waals surface area contributed by atoms with E-state index in [1.807, 2.05) is 0 Å². The molecule has 1 saturated carbocycles. The van der Waals surface area contributed by atoms with Crippen LogP contribution in [0, 0.1) is 0 Å². The van der Waals surface area contributed by atoms with E-state index in [0.29, 0.717) is 0 Å². The zero-order chi connectivity index (χ0) is 8.27. The van der Waals surface area contributed by atoms with E-state index in [1.165, 1.54) is 0 Å². The van der Waals surface area contributed by atoms with E-state index in [1.54, 1.807) is 0 Å². The first-order valence-electron chi connectivity index (χ1n) is 3.76. The zero-order valence-electron chi connectivity index (χ0n) is 6.23. The molecule has 0 heterocycles. The largest absolute Gasteiger partial charge is 0.326 e. The van der Waals surface area contributed by atoms with Gasteiger partial charge >= 0.3 is 10.5 Å². The molecule has 1 rings (SSSR count). The lowest BCUT2D eigenvalue weighted by Crippen LogP contribution is -2.35. The number of nitrogens with two attached hydrogens (primary N) is 1. The van der Waals surface area contributed by atoms with Gasteiger partial charge in [0.15, 0.2) is 0 Å². The van der Waals surface area contributed by atoms with Crippen LogP contribution < -0.4 is 5.73 Å². The van der Waals surface area contributed by atoms with Crippen molar-refractivity contribution in [3.05, 3.63) is 0 Å². The highest BCUT2D eigenvalue weighted by atomic mass is 32.2. The molecule has 0 aromatic heterocycles. The first-order chi connectivity index (χ1) is 5.20. The monoisotopic (exact) mass is 176 g/mol. The van der Waals surface area contributed by atoms with Crippen LogP contribution in [0.25, 0.3) is 0 Å². The second kappa shape index (κ2) is 3.82. The molecule has 1 fully saturated rings. The third-order valence-corrected chi connectivity index (χ3v) is 2.45. The van der Waals surface area contributed by atoms with Crippen molar-refractivity contribution < 1.29 is 8.42 Å². The van der Waals surface area contributed by atoms with Crippen molar-refractivity contribution in [2.45, 2.75) is 37.8 Å². The van der Waals surface area contributed by atoms with Crippen molar-refractivity contribution in [1.82, 2.24) is 0 Å². The summed E-state index contributed by atoms with van der Waals surface area (Å²) in [5.41, 5.74) is 5.66. The maximum atomic E-state index is 10.2. The molecule has 2 N–H and O–H groups in total. The van der Waals surface area contributed by atoms with Gasteiger partial charge < -0.3 is 5.73 Å². The summed E-state index contributed by atoms with van der Waals surface area (Å²) in [5.74, 6) is 0. The predicted octanol–water partition coefficient (Wildman–Crippen LogP) is 0.319. The van der Waals surface area contributed by atoms with Crippen molar-refractivity contribution >= 4 is 10.5 Å². The molecule has 1 aliphatic carbocycles. The average Bonchev–Trinajstić information content (AvgIpc) is 1.93. The quantitative estimate of drug-likeness (QED) is 0.625. The summed E-state index contributed by atoms with van der Waals surface area (Å²) in [6.45, 7) is 0. The fourth-order valence-corrected chi connectivity index (χ4v) is 1.86. The summed E-state index contributed by atoms with van der Waals surface area (Å²) in [7, 11) is -2.29. The number of nitrogens with zero attached hydrogens (tertiary/aromatic N) is 1. The van der Waals surface area contributed by atoms with Crippen molar-refractivity contribution in [2.24, 2.45) is 10.1 Å². The maximum Gasteiger partial charge on any atom is 0.311 e. The molecular weight excluding hydrogens is 164 g/mol. The van der Waals surface area contributed by atoms with Crippen molar-refractivity contribution in [3.63, 3.8) is 0 Å². The van der Waals surface area contributed by atoms with E-state index in [4.69, 9.17) is 5.73 Å². The van der Waals surface area contributed by atoms with Gasteiger partial charge in [-0.1, -0.05) is 12.8 Å². The van der Waals surface area contributed by atoms with E-state index in [9.17, 15) is 8.42 Å². The third kappa shape index (κ3) is 2.59. The molecular formula is C6H12N2O2S. The Hall–Kier alpha value is -0.420. The van der Waals surface area contributed by atoms with Crippen molar-refractivity contribution in [2.75, 3.05) is 0 Å². The van der Waals surface area contributed by atoms with Crippen molar-refractivity contribution in [3.8, 4) is 0 Å². The predicted molar refractivity (Wildman–Crippen MR) is 41.6 cm³/mol. The van der Waals surface area contributed by atoms with Gasteiger partial charge in [0.25, 0.3) is 0 Å². The Morgan fingerprint density at radius 1 is 1.27 bits per heavy atom. The van der Waals surface area contributed by atoms with Crippen LogP contribution >= 0.6 is 0 Å². The smallest absolute Gasteiger partial charge is 0.311 e. The molecule has 5 heteroatoms. The first kappa shape index (κ1) is 8.67. The first-order valence-corrected chi connectivity index (χ1v) is 4.79. The van der Waals surface area contributed by atoms with Crippen LogP contribution in [0.4, 0.5) is 0 Å². The Kier molecular flexibility index (Phi) is 3.02. The van der Waals surface area contributed by atoms with Crippen LogP contribution in [0.2, 0.25) is 0 Å².